The molecule has 3 nitrogen and oxygen atoms in total. The fourth-order valence-corrected chi connectivity index (χ4v) is 2.52. The lowest BCUT2D eigenvalue weighted by Crippen LogP contribution is -2.32. The Labute approximate surface area is 102 Å². The maximum Gasteiger partial charge on any atom is 0.284 e. The van der Waals surface area contributed by atoms with Crippen LogP contribution in [-0.4, -0.2) is 5.91 Å². The number of carbonyl (C=O) groups is 1. The van der Waals surface area contributed by atoms with Crippen molar-refractivity contribution in [2.75, 3.05) is 0 Å². The first-order valence-corrected chi connectivity index (χ1v) is 6.03. The Balaban J connectivity index is 2.25. The molecule has 3 rings (SSSR count). The lowest BCUT2D eigenvalue weighted by atomic mass is 9.95. The summed E-state index contributed by atoms with van der Waals surface area (Å²) >= 11 is 1.62. The van der Waals surface area contributed by atoms with Crippen LogP contribution in [-0.2, 0) is 4.79 Å². The molecule has 0 spiro atoms. The molecule has 1 aromatic heterocycles. The Morgan fingerprint density at radius 1 is 1.29 bits per heavy atom. The van der Waals surface area contributed by atoms with E-state index < -0.39 is 0 Å². The van der Waals surface area contributed by atoms with E-state index in [4.69, 9.17) is 4.84 Å². The summed E-state index contributed by atoms with van der Waals surface area (Å²) < 4.78 is 0. The van der Waals surface area contributed by atoms with Crippen molar-refractivity contribution in [3.05, 3.63) is 47.2 Å². The summed E-state index contributed by atoms with van der Waals surface area (Å²) in [7, 11) is 0. The van der Waals surface area contributed by atoms with Crippen LogP contribution < -0.4 is 10.3 Å². The zero-order chi connectivity index (χ0) is 11.8. The van der Waals surface area contributed by atoms with E-state index in [1.165, 1.54) is 0 Å². The summed E-state index contributed by atoms with van der Waals surface area (Å²) in [6.45, 7) is 3.82. The molecule has 0 saturated heterocycles. The Kier molecular flexibility index (Phi) is 2.23. The SMILES string of the molecule is C=C1C(=O)NOc2cccc(-c3ccsc3)c21. The Morgan fingerprint density at radius 3 is 2.94 bits per heavy atom. The molecular weight excluding hydrogens is 234 g/mol. The summed E-state index contributed by atoms with van der Waals surface area (Å²) in [5, 5.41) is 4.04. The van der Waals surface area contributed by atoms with Gasteiger partial charge in [-0.2, -0.15) is 16.8 Å². The molecule has 0 unspecified atom stereocenters. The van der Waals surface area contributed by atoms with Gasteiger partial charge in [-0.1, -0.05) is 18.7 Å². The first kappa shape index (κ1) is 10.1. The van der Waals surface area contributed by atoms with E-state index in [-0.39, 0.29) is 5.91 Å². The minimum atomic E-state index is -0.292. The van der Waals surface area contributed by atoms with Gasteiger partial charge in [0.1, 0.15) is 0 Å². The van der Waals surface area contributed by atoms with Crippen molar-refractivity contribution in [2.24, 2.45) is 0 Å². The monoisotopic (exact) mass is 243 g/mol. The molecule has 84 valence electrons. The Morgan fingerprint density at radius 2 is 2.18 bits per heavy atom. The number of amides is 1. The quantitative estimate of drug-likeness (QED) is 0.782. The molecular formula is C13H9NO2S. The van der Waals surface area contributed by atoms with E-state index in [2.05, 4.69) is 12.1 Å². The van der Waals surface area contributed by atoms with Crippen LogP contribution in [0.25, 0.3) is 16.7 Å². The van der Waals surface area contributed by atoms with E-state index in [9.17, 15) is 4.79 Å². The van der Waals surface area contributed by atoms with Crippen molar-refractivity contribution in [2.45, 2.75) is 0 Å². The van der Waals surface area contributed by atoms with E-state index in [0.717, 1.165) is 16.7 Å². The van der Waals surface area contributed by atoms with Gasteiger partial charge in [-0.25, -0.2) is 0 Å². The summed E-state index contributed by atoms with van der Waals surface area (Å²) in [5.41, 5.74) is 5.59. The highest BCUT2D eigenvalue weighted by atomic mass is 32.1. The first-order valence-electron chi connectivity index (χ1n) is 5.09. The molecule has 0 radical (unpaired) electrons. The minimum Gasteiger partial charge on any atom is -0.379 e. The van der Waals surface area contributed by atoms with E-state index in [0.29, 0.717) is 11.3 Å². The highest BCUT2D eigenvalue weighted by Crippen LogP contribution is 2.37. The third-order valence-corrected chi connectivity index (χ3v) is 3.37. The number of fused-ring (bicyclic) bond motifs is 1. The van der Waals surface area contributed by atoms with Gasteiger partial charge in [-0.3, -0.25) is 4.79 Å². The van der Waals surface area contributed by atoms with E-state index in [1.54, 1.807) is 11.3 Å². The van der Waals surface area contributed by atoms with Crippen molar-refractivity contribution in [3.63, 3.8) is 0 Å². The number of hydroxylamine groups is 1. The Bertz CT molecular complexity index is 602. The van der Waals surface area contributed by atoms with Gasteiger partial charge in [-0.05, 0) is 34.0 Å². The van der Waals surface area contributed by atoms with Gasteiger partial charge in [0.05, 0.1) is 0 Å². The molecule has 2 heterocycles. The average Bonchev–Trinajstić information content (AvgIpc) is 2.87. The summed E-state index contributed by atoms with van der Waals surface area (Å²) in [6.07, 6.45) is 0. The van der Waals surface area contributed by atoms with Crippen LogP contribution in [0.4, 0.5) is 0 Å². The average molecular weight is 243 g/mol. The van der Waals surface area contributed by atoms with Gasteiger partial charge in [-0.15, -0.1) is 0 Å². The molecule has 1 aromatic carbocycles. The van der Waals surface area contributed by atoms with Crippen molar-refractivity contribution >= 4 is 22.8 Å². The summed E-state index contributed by atoms with van der Waals surface area (Å²) in [6, 6.07) is 7.69. The first-order chi connectivity index (χ1) is 8.27. The third-order valence-electron chi connectivity index (χ3n) is 2.69. The standard InChI is InChI=1S/C13H9NO2S/c1-8-12-10(9-5-6-17-7-9)3-2-4-11(12)16-14-13(8)15/h2-7H,1H2,(H,14,15). The van der Waals surface area contributed by atoms with Gasteiger partial charge in [0.15, 0.2) is 5.75 Å². The second kappa shape index (κ2) is 3.75. The number of hydrogen-bond acceptors (Lipinski definition) is 3. The lowest BCUT2D eigenvalue weighted by molar-refractivity contribution is -0.122. The van der Waals surface area contributed by atoms with Crippen LogP contribution in [0, 0.1) is 0 Å². The summed E-state index contributed by atoms with van der Waals surface area (Å²) in [5.74, 6) is 0.346. The van der Waals surface area contributed by atoms with Crippen LogP contribution in [0.2, 0.25) is 0 Å². The van der Waals surface area contributed by atoms with Gasteiger partial charge in [0.25, 0.3) is 5.91 Å². The molecule has 17 heavy (non-hydrogen) atoms. The molecule has 1 aliphatic rings. The molecule has 0 aliphatic carbocycles. The van der Waals surface area contributed by atoms with Gasteiger partial charge < -0.3 is 4.84 Å². The zero-order valence-electron chi connectivity index (χ0n) is 8.90. The Hall–Kier alpha value is -2.07. The predicted molar refractivity (Wildman–Crippen MR) is 67.6 cm³/mol. The highest BCUT2D eigenvalue weighted by Gasteiger charge is 2.24. The number of rotatable bonds is 1. The summed E-state index contributed by atoms with van der Waals surface area (Å²) in [4.78, 5) is 16.7. The zero-order valence-corrected chi connectivity index (χ0v) is 9.71. The molecule has 1 N–H and O–H groups in total. The van der Waals surface area contributed by atoms with Crippen LogP contribution in [0.3, 0.4) is 0 Å². The van der Waals surface area contributed by atoms with Crippen LogP contribution in [0.5, 0.6) is 5.75 Å². The van der Waals surface area contributed by atoms with Crippen LogP contribution >= 0.6 is 11.3 Å². The minimum absolute atomic E-state index is 0.292. The molecule has 1 aliphatic heterocycles. The number of nitrogens with one attached hydrogen (secondary N) is 1. The smallest absolute Gasteiger partial charge is 0.284 e. The second-order valence-electron chi connectivity index (χ2n) is 3.70. The molecule has 0 atom stereocenters. The van der Waals surface area contributed by atoms with Gasteiger partial charge in [0, 0.05) is 11.1 Å². The predicted octanol–water partition coefficient (Wildman–Crippen LogP) is 2.85. The maximum atomic E-state index is 11.5. The third kappa shape index (κ3) is 1.54. The number of benzene rings is 1. The fraction of sp³-hybridized carbons (Fsp3) is 0. The molecule has 4 heteroatoms. The van der Waals surface area contributed by atoms with Crippen LogP contribution in [0.15, 0.2) is 41.6 Å². The van der Waals surface area contributed by atoms with Crippen LogP contribution in [0.1, 0.15) is 5.56 Å². The second-order valence-corrected chi connectivity index (χ2v) is 4.48. The highest BCUT2D eigenvalue weighted by molar-refractivity contribution is 7.08. The molecule has 0 bridgehead atoms. The molecule has 1 amide bonds. The lowest BCUT2D eigenvalue weighted by Gasteiger charge is -2.21. The maximum absolute atomic E-state index is 11.5. The largest absolute Gasteiger partial charge is 0.379 e. The van der Waals surface area contributed by atoms with E-state index >= 15 is 0 Å². The molecule has 0 fully saturated rings. The number of carbonyl (C=O) groups excluding carboxylic acids is 1. The number of thiophene rings is 1. The molecule has 0 saturated carbocycles. The number of hydrogen-bond donors (Lipinski definition) is 1. The fourth-order valence-electron chi connectivity index (χ4n) is 1.86. The van der Waals surface area contributed by atoms with Gasteiger partial charge in [0.2, 0.25) is 0 Å². The van der Waals surface area contributed by atoms with Crippen molar-refractivity contribution in [1.82, 2.24) is 5.48 Å². The van der Waals surface area contributed by atoms with Gasteiger partial charge >= 0.3 is 0 Å². The van der Waals surface area contributed by atoms with Crippen molar-refractivity contribution in [3.8, 4) is 16.9 Å². The van der Waals surface area contributed by atoms with Crippen molar-refractivity contribution < 1.29 is 9.63 Å². The topological polar surface area (TPSA) is 38.3 Å². The van der Waals surface area contributed by atoms with Crippen molar-refractivity contribution in [1.29, 1.82) is 0 Å². The normalized spacial score (nSPS) is 13.9. The molecule has 2 aromatic rings. The van der Waals surface area contributed by atoms with E-state index in [1.807, 2.05) is 35.0 Å².